The van der Waals surface area contributed by atoms with Gasteiger partial charge >= 0.3 is 11.9 Å². The standard InChI is InChI=1S/C19H19Cl2NO5S/c1-10(2)27-19(26)17-12(11-6-7-13(20)14(21)8-11)9-28-18(17)22-15(23)4-3-5-16(24)25/h6-10H,3-5H2,1-2H3,(H,22,23)(H,24,25). The summed E-state index contributed by atoms with van der Waals surface area (Å²) in [5.74, 6) is -1.91. The van der Waals surface area contributed by atoms with Crippen molar-refractivity contribution in [1.29, 1.82) is 0 Å². The van der Waals surface area contributed by atoms with Gasteiger partial charge in [0.05, 0.1) is 16.1 Å². The van der Waals surface area contributed by atoms with Gasteiger partial charge in [-0.3, -0.25) is 9.59 Å². The van der Waals surface area contributed by atoms with Crippen LogP contribution in [0.2, 0.25) is 10.0 Å². The van der Waals surface area contributed by atoms with Gasteiger partial charge in [-0.2, -0.15) is 0 Å². The molecule has 6 nitrogen and oxygen atoms in total. The maximum atomic E-state index is 12.7. The Kier molecular flexibility index (Phi) is 7.86. The lowest BCUT2D eigenvalue weighted by Gasteiger charge is -2.12. The fourth-order valence-electron chi connectivity index (χ4n) is 2.39. The van der Waals surface area contributed by atoms with E-state index >= 15 is 0 Å². The largest absolute Gasteiger partial charge is 0.481 e. The normalized spacial score (nSPS) is 10.8. The number of hydrogen-bond donors (Lipinski definition) is 2. The van der Waals surface area contributed by atoms with Crippen LogP contribution in [-0.4, -0.2) is 29.1 Å². The number of carbonyl (C=O) groups is 3. The third-order valence-electron chi connectivity index (χ3n) is 3.62. The van der Waals surface area contributed by atoms with Crippen molar-refractivity contribution in [1.82, 2.24) is 0 Å². The summed E-state index contributed by atoms with van der Waals surface area (Å²) in [5, 5.41) is 14.2. The van der Waals surface area contributed by atoms with Crippen LogP contribution in [0, 0.1) is 0 Å². The van der Waals surface area contributed by atoms with Gasteiger partial charge in [-0.25, -0.2) is 4.79 Å². The molecule has 0 spiro atoms. The van der Waals surface area contributed by atoms with Crippen molar-refractivity contribution in [3.8, 4) is 11.1 Å². The van der Waals surface area contributed by atoms with E-state index in [-0.39, 0.29) is 36.8 Å². The number of aliphatic carboxylic acids is 1. The van der Waals surface area contributed by atoms with Crippen LogP contribution in [0.1, 0.15) is 43.5 Å². The molecule has 1 heterocycles. The van der Waals surface area contributed by atoms with Crippen molar-refractivity contribution in [3.63, 3.8) is 0 Å². The van der Waals surface area contributed by atoms with Gasteiger partial charge in [0.25, 0.3) is 0 Å². The molecule has 0 fully saturated rings. The number of halogens is 2. The van der Waals surface area contributed by atoms with Gasteiger partial charge in [-0.15, -0.1) is 11.3 Å². The van der Waals surface area contributed by atoms with E-state index in [4.69, 9.17) is 33.0 Å². The molecule has 0 bridgehead atoms. The average molecular weight is 444 g/mol. The molecule has 0 aliphatic heterocycles. The molecule has 0 aliphatic rings. The lowest BCUT2D eigenvalue weighted by Crippen LogP contribution is -2.16. The SMILES string of the molecule is CC(C)OC(=O)c1c(-c2ccc(Cl)c(Cl)c2)csc1NC(=O)CCCC(=O)O. The summed E-state index contributed by atoms with van der Waals surface area (Å²) in [4.78, 5) is 35.4. The van der Waals surface area contributed by atoms with E-state index in [2.05, 4.69) is 5.32 Å². The van der Waals surface area contributed by atoms with E-state index in [1.165, 1.54) is 11.3 Å². The first kappa shape index (κ1) is 22.2. The molecule has 9 heteroatoms. The van der Waals surface area contributed by atoms with Crippen LogP contribution < -0.4 is 5.32 Å². The van der Waals surface area contributed by atoms with Gasteiger partial charge in [0.15, 0.2) is 0 Å². The second-order valence-corrected chi connectivity index (χ2v) is 7.93. The third kappa shape index (κ3) is 5.95. The second-order valence-electron chi connectivity index (χ2n) is 6.23. The quantitative estimate of drug-likeness (QED) is 0.526. The first-order valence-electron chi connectivity index (χ1n) is 8.48. The average Bonchev–Trinajstić information content (AvgIpc) is 3.00. The van der Waals surface area contributed by atoms with Crippen LogP contribution in [0.3, 0.4) is 0 Å². The number of esters is 1. The van der Waals surface area contributed by atoms with Gasteiger partial charge < -0.3 is 15.2 Å². The summed E-state index contributed by atoms with van der Waals surface area (Å²) < 4.78 is 5.33. The Labute approximate surface area is 176 Å². The molecule has 2 N–H and O–H groups in total. The number of anilines is 1. The van der Waals surface area contributed by atoms with E-state index in [1.54, 1.807) is 37.4 Å². The number of rotatable bonds is 8. The van der Waals surface area contributed by atoms with Crippen molar-refractivity contribution < 1.29 is 24.2 Å². The van der Waals surface area contributed by atoms with Crippen LogP contribution >= 0.6 is 34.5 Å². The van der Waals surface area contributed by atoms with E-state index < -0.39 is 11.9 Å². The second kappa shape index (κ2) is 9.91. The van der Waals surface area contributed by atoms with Crippen LogP contribution in [0.15, 0.2) is 23.6 Å². The fourth-order valence-corrected chi connectivity index (χ4v) is 3.66. The van der Waals surface area contributed by atoms with Crippen molar-refractivity contribution in [3.05, 3.63) is 39.2 Å². The molecule has 0 saturated heterocycles. The Balaban J connectivity index is 2.33. The zero-order valence-corrected chi connectivity index (χ0v) is 17.6. The maximum absolute atomic E-state index is 12.7. The molecule has 0 atom stereocenters. The lowest BCUT2D eigenvalue weighted by molar-refractivity contribution is -0.137. The van der Waals surface area contributed by atoms with E-state index in [9.17, 15) is 14.4 Å². The zero-order valence-electron chi connectivity index (χ0n) is 15.3. The first-order chi connectivity index (χ1) is 13.2. The molecule has 0 radical (unpaired) electrons. The minimum atomic E-state index is -0.966. The number of carbonyl (C=O) groups excluding carboxylic acids is 2. The summed E-state index contributed by atoms with van der Waals surface area (Å²) in [6.45, 7) is 3.46. The summed E-state index contributed by atoms with van der Waals surface area (Å²) in [7, 11) is 0. The number of amides is 1. The molecule has 1 aromatic carbocycles. The molecule has 1 amide bonds. The molecule has 0 aliphatic carbocycles. The summed E-state index contributed by atoms with van der Waals surface area (Å²) >= 11 is 13.2. The van der Waals surface area contributed by atoms with Crippen LogP contribution in [0.25, 0.3) is 11.1 Å². The van der Waals surface area contributed by atoms with E-state index in [0.29, 0.717) is 26.2 Å². The lowest BCUT2D eigenvalue weighted by atomic mass is 10.0. The molecule has 1 aromatic heterocycles. The molecular weight excluding hydrogens is 425 g/mol. The molecule has 0 unspecified atom stereocenters. The van der Waals surface area contributed by atoms with Crippen LogP contribution in [0.5, 0.6) is 0 Å². The monoisotopic (exact) mass is 443 g/mol. The number of hydrogen-bond acceptors (Lipinski definition) is 5. The highest BCUT2D eigenvalue weighted by Gasteiger charge is 2.24. The van der Waals surface area contributed by atoms with Gasteiger partial charge in [-0.05, 0) is 38.0 Å². The molecule has 2 aromatic rings. The Morgan fingerprint density at radius 3 is 2.50 bits per heavy atom. The third-order valence-corrected chi connectivity index (χ3v) is 5.25. The molecule has 0 saturated carbocycles. The zero-order chi connectivity index (χ0) is 20.8. The van der Waals surface area contributed by atoms with Crippen molar-refractivity contribution in [2.75, 3.05) is 5.32 Å². The summed E-state index contributed by atoms with van der Waals surface area (Å²) in [5.41, 5.74) is 1.45. The van der Waals surface area contributed by atoms with Crippen molar-refractivity contribution in [2.45, 2.75) is 39.2 Å². The van der Waals surface area contributed by atoms with Gasteiger partial charge in [0.1, 0.15) is 10.6 Å². The Morgan fingerprint density at radius 2 is 1.89 bits per heavy atom. The predicted octanol–water partition coefficient (Wildman–Crippen LogP) is 5.48. The van der Waals surface area contributed by atoms with E-state index in [1.807, 2.05) is 0 Å². The minimum absolute atomic E-state index is 0.0327. The fraction of sp³-hybridized carbons (Fsp3) is 0.316. The van der Waals surface area contributed by atoms with Crippen LogP contribution in [-0.2, 0) is 14.3 Å². The van der Waals surface area contributed by atoms with Gasteiger partial charge in [0, 0.05) is 23.8 Å². The van der Waals surface area contributed by atoms with Gasteiger partial charge in [0.2, 0.25) is 5.91 Å². The minimum Gasteiger partial charge on any atom is -0.481 e. The number of benzene rings is 1. The summed E-state index contributed by atoms with van der Waals surface area (Å²) in [6, 6.07) is 4.98. The Bertz CT molecular complexity index is 894. The number of ether oxygens (including phenoxy) is 1. The predicted molar refractivity (Wildman–Crippen MR) is 110 cm³/mol. The Hall–Kier alpha value is -2.09. The Morgan fingerprint density at radius 1 is 1.18 bits per heavy atom. The number of carboxylic acids is 1. The van der Waals surface area contributed by atoms with Crippen LogP contribution in [0.4, 0.5) is 5.00 Å². The number of thiophene rings is 1. The summed E-state index contributed by atoms with van der Waals surface area (Å²) in [6.07, 6.45) is -0.203. The smallest absolute Gasteiger partial charge is 0.342 e. The highest BCUT2D eigenvalue weighted by Crippen LogP contribution is 2.38. The highest BCUT2D eigenvalue weighted by atomic mass is 35.5. The number of carboxylic acid groups (broad SMARTS) is 1. The van der Waals surface area contributed by atoms with Crippen molar-refractivity contribution >= 4 is 57.4 Å². The number of nitrogens with one attached hydrogen (secondary N) is 1. The van der Waals surface area contributed by atoms with E-state index in [0.717, 1.165) is 0 Å². The molecule has 150 valence electrons. The maximum Gasteiger partial charge on any atom is 0.342 e. The molecular formula is C19H19Cl2NO5S. The van der Waals surface area contributed by atoms with Gasteiger partial charge in [-0.1, -0.05) is 29.3 Å². The topological polar surface area (TPSA) is 92.7 Å². The highest BCUT2D eigenvalue weighted by molar-refractivity contribution is 7.15. The first-order valence-corrected chi connectivity index (χ1v) is 10.1. The molecule has 2 rings (SSSR count). The molecule has 28 heavy (non-hydrogen) atoms. The van der Waals surface area contributed by atoms with Crippen molar-refractivity contribution in [2.24, 2.45) is 0 Å².